The van der Waals surface area contributed by atoms with Gasteiger partial charge >= 0.3 is 0 Å². The van der Waals surface area contributed by atoms with E-state index in [1.165, 1.54) is 23.5 Å². The van der Waals surface area contributed by atoms with Crippen LogP contribution in [0.25, 0.3) is 10.2 Å². The van der Waals surface area contributed by atoms with E-state index in [-0.39, 0.29) is 11.6 Å². The van der Waals surface area contributed by atoms with Crippen molar-refractivity contribution in [1.29, 1.82) is 0 Å². The Morgan fingerprint density at radius 2 is 2.13 bits per heavy atom. The van der Waals surface area contributed by atoms with E-state index in [1.54, 1.807) is 6.07 Å². The summed E-state index contributed by atoms with van der Waals surface area (Å²) in [5.41, 5.74) is 6.28. The molecule has 0 bridgehead atoms. The first-order chi connectivity index (χ1) is 7.08. The van der Waals surface area contributed by atoms with E-state index in [9.17, 15) is 8.78 Å². The highest BCUT2D eigenvalue weighted by atomic mass is 32.1. The molecule has 1 aromatic carbocycles. The molecule has 0 radical (unpaired) electrons. The van der Waals surface area contributed by atoms with E-state index in [2.05, 4.69) is 4.98 Å². The molecule has 15 heavy (non-hydrogen) atoms. The summed E-state index contributed by atoms with van der Waals surface area (Å²) < 4.78 is 25.7. The van der Waals surface area contributed by atoms with Crippen molar-refractivity contribution in [1.82, 2.24) is 4.98 Å². The van der Waals surface area contributed by atoms with Crippen LogP contribution in [0, 0.1) is 0 Å². The molecule has 0 saturated carbocycles. The Labute approximate surface area is 89.7 Å². The van der Waals surface area contributed by atoms with Gasteiger partial charge in [0, 0.05) is 5.56 Å². The van der Waals surface area contributed by atoms with Crippen LogP contribution in [0.2, 0.25) is 0 Å². The van der Waals surface area contributed by atoms with Crippen LogP contribution < -0.4 is 5.73 Å². The fourth-order valence-corrected chi connectivity index (χ4v) is 2.19. The van der Waals surface area contributed by atoms with Gasteiger partial charge in [-0.05, 0) is 19.1 Å². The summed E-state index contributed by atoms with van der Waals surface area (Å²) in [7, 11) is 0. The Hall–Kier alpha value is -1.07. The molecule has 2 rings (SSSR count). The quantitative estimate of drug-likeness (QED) is 0.856. The molecule has 2 N–H and O–H groups in total. The van der Waals surface area contributed by atoms with Crippen molar-refractivity contribution in [2.45, 2.75) is 19.4 Å². The Morgan fingerprint density at radius 3 is 2.73 bits per heavy atom. The predicted molar refractivity (Wildman–Crippen MR) is 57.2 cm³/mol. The zero-order chi connectivity index (χ0) is 11.0. The summed E-state index contributed by atoms with van der Waals surface area (Å²) >= 11 is 1.44. The standard InChI is InChI=1S/C10H10F2N2S/c1-5(13)10-14-7-4-6(9(11)12)2-3-8(7)15-10/h2-5,9H,13H2,1H3. The largest absolute Gasteiger partial charge is 0.322 e. The van der Waals surface area contributed by atoms with Crippen LogP contribution in [0.5, 0.6) is 0 Å². The maximum Gasteiger partial charge on any atom is 0.263 e. The molecule has 1 aromatic heterocycles. The van der Waals surface area contributed by atoms with Gasteiger partial charge < -0.3 is 5.73 Å². The molecule has 0 aliphatic heterocycles. The second-order valence-corrected chi connectivity index (χ2v) is 4.43. The van der Waals surface area contributed by atoms with E-state index >= 15 is 0 Å². The van der Waals surface area contributed by atoms with Gasteiger partial charge in [0.1, 0.15) is 5.01 Å². The van der Waals surface area contributed by atoms with E-state index in [4.69, 9.17) is 5.73 Å². The van der Waals surface area contributed by atoms with Crippen LogP contribution in [0.4, 0.5) is 8.78 Å². The lowest BCUT2D eigenvalue weighted by atomic mass is 10.2. The monoisotopic (exact) mass is 228 g/mol. The van der Waals surface area contributed by atoms with E-state index < -0.39 is 6.43 Å². The number of nitrogens with two attached hydrogens (primary N) is 1. The molecule has 1 unspecified atom stereocenters. The van der Waals surface area contributed by atoms with Gasteiger partial charge in [-0.25, -0.2) is 13.8 Å². The molecule has 0 aliphatic carbocycles. The highest BCUT2D eigenvalue weighted by Gasteiger charge is 2.11. The van der Waals surface area contributed by atoms with Crippen LogP contribution >= 0.6 is 11.3 Å². The number of aromatic nitrogens is 1. The molecular formula is C10H10F2N2S. The van der Waals surface area contributed by atoms with Gasteiger partial charge in [0.05, 0.1) is 16.3 Å². The lowest BCUT2D eigenvalue weighted by molar-refractivity contribution is 0.151. The van der Waals surface area contributed by atoms with Gasteiger partial charge in [0.25, 0.3) is 6.43 Å². The minimum atomic E-state index is -2.45. The van der Waals surface area contributed by atoms with Crippen molar-refractivity contribution in [3.63, 3.8) is 0 Å². The summed E-state index contributed by atoms with van der Waals surface area (Å²) in [5.74, 6) is 0. The predicted octanol–water partition coefficient (Wildman–Crippen LogP) is 3.25. The van der Waals surface area contributed by atoms with Gasteiger partial charge in [-0.1, -0.05) is 6.07 Å². The van der Waals surface area contributed by atoms with E-state index in [0.29, 0.717) is 5.52 Å². The lowest BCUT2D eigenvalue weighted by Gasteiger charge is -1.97. The van der Waals surface area contributed by atoms with Crippen LogP contribution in [-0.2, 0) is 0 Å². The van der Waals surface area contributed by atoms with Gasteiger partial charge in [-0.2, -0.15) is 0 Å². The SMILES string of the molecule is CC(N)c1nc2cc(C(F)F)ccc2s1. The summed E-state index contributed by atoms with van der Waals surface area (Å²) in [6.45, 7) is 1.83. The number of nitrogens with zero attached hydrogens (tertiary/aromatic N) is 1. The van der Waals surface area contributed by atoms with Gasteiger partial charge in [0.15, 0.2) is 0 Å². The number of rotatable bonds is 2. The number of thiazole rings is 1. The molecule has 1 heterocycles. The third-order valence-corrected chi connectivity index (χ3v) is 3.31. The van der Waals surface area contributed by atoms with Crippen LogP contribution in [0.15, 0.2) is 18.2 Å². The molecule has 2 aromatic rings. The van der Waals surface area contributed by atoms with Crippen molar-refractivity contribution in [3.05, 3.63) is 28.8 Å². The molecule has 0 aliphatic rings. The second-order valence-electron chi connectivity index (χ2n) is 3.37. The number of halogens is 2. The van der Waals surface area contributed by atoms with Crippen molar-refractivity contribution in [2.75, 3.05) is 0 Å². The van der Waals surface area contributed by atoms with Crippen LogP contribution in [-0.4, -0.2) is 4.98 Å². The third kappa shape index (κ3) is 1.98. The topological polar surface area (TPSA) is 38.9 Å². The molecule has 2 nitrogen and oxygen atoms in total. The summed E-state index contributed by atoms with van der Waals surface area (Å²) in [5, 5.41) is 0.774. The zero-order valence-electron chi connectivity index (χ0n) is 8.08. The average molecular weight is 228 g/mol. The van der Waals surface area contributed by atoms with Crippen molar-refractivity contribution in [2.24, 2.45) is 5.73 Å². The van der Waals surface area contributed by atoms with Crippen molar-refractivity contribution >= 4 is 21.6 Å². The molecule has 80 valence electrons. The fourth-order valence-electron chi connectivity index (χ4n) is 1.29. The molecule has 0 amide bonds. The van der Waals surface area contributed by atoms with Crippen molar-refractivity contribution in [3.8, 4) is 0 Å². The number of benzene rings is 1. The van der Waals surface area contributed by atoms with E-state index in [0.717, 1.165) is 9.71 Å². The van der Waals surface area contributed by atoms with Gasteiger partial charge in [-0.3, -0.25) is 0 Å². The third-order valence-electron chi connectivity index (χ3n) is 2.07. The first kappa shape index (κ1) is 10.4. The maximum atomic E-state index is 12.4. The zero-order valence-corrected chi connectivity index (χ0v) is 8.89. The van der Waals surface area contributed by atoms with Crippen LogP contribution in [0.1, 0.15) is 30.0 Å². The highest BCUT2D eigenvalue weighted by Crippen LogP contribution is 2.29. The Morgan fingerprint density at radius 1 is 1.40 bits per heavy atom. The molecule has 0 saturated heterocycles. The first-order valence-electron chi connectivity index (χ1n) is 4.52. The molecule has 0 fully saturated rings. The van der Waals surface area contributed by atoms with Gasteiger partial charge in [-0.15, -0.1) is 11.3 Å². The summed E-state index contributed by atoms with van der Waals surface area (Å²) in [4.78, 5) is 4.22. The number of hydrogen-bond donors (Lipinski definition) is 1. The maximum absolute atomic E-state index is 12.4. The summed E-state index contributed by atoms with van der Waals surface area (Å²) in [6, 6.07) is 4.36. The Kier molecular flexibility index (Phi) is 2.67. The fraction of sp³-hybridized carbons (Fsp3) is 0.300. The molecule has 5 heteroatoms. The Bertz CT molecular complexity index is 473. The number of fused-ring (bicyclic) bond motifs is 1. The number of hydrogen-bond acceptors (Lipinski definition) is 3. The van der Waals surface area contributed by atoms with Gasteiger partial charge in [0.2, 0.25) is 0 Å². The minimum Gasteiger partial charge on any atom is -0.322 e. The Balaban J connectivity index is 2.52. The average Bonchev–Trinajstić information content (AvgIpc) is 2.59. The number of alkyl halides is 2. The smallest absolute Gasteiger partial charge is 0.263 e. The summed E-state index contributed by atoms with van der Waals surface area (Å²) in [6.07, 6.45) is -2.45. The highest BCUT2D eigenvalue weighted by molar-refractivity contribution is 7.18. The van der Waals surface area contributed by atoms with Crippen LogP contribution in [0.3, 0.4) is 0 Å². The lowest BCUT2D eigenvalue weighted by Crippen LogP contribution is -2.03. The molecular weight excluding hydrogens is 218 g/mol. The first-order valence-corrected chi connectivity index (χ1v) is 5.33. The molecule has 0 spiro atoms. The normalized spacial score (nSPS) is 13.7. The van der Waals surface area contributed by atoms with Crippen molar-refractivity contribution < 1.29 is 8.78 Å². The van der Waals surface area contributed by atoms with E-state index in [1.807, 2.05) is 6.92 Å². The molecule has 1 atom stereocenters. The minimum absolute atomic E-state index is 0.00373. The second kappa shape index (κ2) is 3.83.